The first kappa shape index (κ1) is 12.2. The molecule has 1 saturated carbocycles. The van der Waals surface area contributed by atoms with E-state index in [0.29, 0.717) is 17.8 Å². The van der Waals surface area contributed by atoms with Crippen LogP contribution in [0.2, 0.25) is 0 Å². The summed E-state index contributed by atoms with van der Waals surface area (Å²) in [5.74, 6) is -0.0845. The Bertz CT molecular complexity index is 602. The first-order valence-electron chi connectivity index (χ1n) is 6.43. The minimum Gasteiger partial charge on any atom is -0.396 e. The molecule has 2 N–H and O–H groups in total. The van der Waals surface area contributed by atoms with Crippen molar-refractivity contribution in [2.24, 2.45) is 5.41 Å². The van der Waals surface area contributed by atoms with E-state index in [1.807, 2.05) is 24.3 Å². The molecule has 5 heteroatoms. The van der Waals surface area contributed by atoms with Crippen LogP contribution in [0.25, 0.3) is 11.0 Å². The van der Waals surface area contributed by atoms with Gasteiger partial charge in [-0.1, -0.05) is 17.3 Å². The summed E-state index contributed by atoms with van der Waals surface area (Å²) in [5, 5.41) is 16.9. The smallest absolute Gasteiger partial charge is 0.226 e. The van der Waals surface area contributed by atoms with Crippen molar-refractivity contribution in [2.45, 2.75) is 19.3 Å². The monoisotopic (exact) mass is 260 g/mol. The number of fused-ring (bicyclic) bond motifs is 1. The van der Waals surface area contributed by atoms with Gasteiger partial charge in [-0.05, 0) is 25.0 Å². The number of nitrogens with one attached hydrogen (secondary N) is 1. The number of amides is 1. The molecule has 0 unspecified atom stereocenters. The zero-order chi connectivity index (χ0) is 13.3. The fourth-order valence-corrected chi connectivity index (χ4v) is 2.13. The summed E-state index contributed by atoms with van der Waals surface area (Å²) >= 11 is 0. The Morgan fingerprint density at radius 2 is 2.21 bits per heavy atom. The van der Waals surface area contributed by atoms with Gasteiger partial charge in [0, 0.05) is 17.3 Å². The Balaban J connectivity index is 1.63. The molecule has 0 atom stereocenters. The van der Waals surface area contributed by atoms with Crippen molar-refractivity contribution in [1.29, 1.82) is 0 Å². The molecule has 0 radical (unpaired) electrons. The lowest BCUT2D eigenvalue weighted by Crippen LogP contribution is -2.32. The number of aromatic nitrogens is 1. The van der Waals surface area contributed by atoms with Crippen LogP contribution >= 0.6 is 0 Å². The number of rotatable bonds is 5. The third kappa shape index (κ3) is 2.46. The predicted octanol–water partition coefficient (Wildman–Crippen LogP) is 1.26. The average Bonchev–Trinajstić information content (AvgIpc) is 3.13. The predicted molar refractivity (Wildman–Crippen MR) is 69.5 cm³/mol. The number of para-hydroxylation sites is 1. The first-order chi connectivity index (χ1) is 9.22. The summed E-state index contributed by atoms with van der Waals surface area (Å²) in [7, 11) is 0. The second kappa shape index (κ2) is 4.66. The van der Waals surface area contributed by atoms with Gasteiger partial charge < -0.3 is 14.9 Å². The first-order valence-corrected chi connectivity index (χ1v) is 6.43. The summed E-state index contributed by atoms with van der Waals surface area (Å²) < 4.78 is 5.16. The lowest BCUT2D eigenvalue weighted by molar-refractivity contribution is -0.120. The van der Waals surface area contributed by atoms with E-state index in [4.69, 9.17) is 4.52 Å². The van der Waals surface area contributed by atoms with Crippen LogP contribution in [0.4, 0.5) is 0 Å². The van der Waals surface area contributed by atoms with Gasteiger partial charge in [0.15, 0.2) is 5.58 Å². The Morgan fingerprint density at radius 3 is 2.95 bits per heavy atom. The number of aliphatic hydroxyl groups excluding tert-OH is 1. The zero-order valence-corrected chi connectivity index (χ0v) is 10.6. The van der Waals surface area contributed by atoms with E-state index in [2.05, 4.69) is 10.5 Å². The van der Waals surface area contributed by atoms with Crippen LogP contribution in [-0.2, 0) is 11.2 Å². The van der Waals surface area contributed by atoms with Gasteiger partial charge >= 0.3 is 0 Å². The van der Waals surface area contributed by atoms with Crippen molar-refractivity contribution in [2.75, 3.05) is 13.2 Å². The lowest BCUT2D eigenvalue weighted by Gasteiger charge is -2.12. The molecule has 1 aliphatic carbocycles. The molecule has 0 spiro atoms. The molecule has 0 bridgehead atoms. The lowest BCUT2D eigenvalue weighted by atomic mass is 10.1. The largest absolute Gasteiger partial charge is 0.396 e. The highest BCUT2D eigenvalue weighted by Gasteiger charge is 2.42. The van der Waals surface area contributed by atoms with E-state index in [1.165, 1.54) is 0 Å². The molecule has 1 heterocycles. The van der Waals surface area contributed by atoms with Crippen molar-refractivity contribution >= 4 is 16.9 Å². The molecule has 19 heavy (non-hydrogen) atoms. The SMILES string of the molecule is O=C(Cc1noc2ccccc12)NCC1(CO)CC1. The minimum absolute atomic E-state index is 0.0679. The molecular weight excluding hydrogens is 244 g/mol. The van der Waals surface area contributed by atoms with Crippen molar-refractivity contribution in [3.63, 3.8) is 0 Å². The van der Waals surface area contributed by atoms with Gasteiger partial charge in [0.05, 0.1) is 13.0 Å². The maximum absolute atomic E-state index is 11.9. The highest BCUT2D eigenvalue weighted by atomic mass is 16.5. The van der Waals surface area contributed by atoms with Gasteiger partial charge in [0.1, 0.15) is 5.69 Å². The summed E-state index contributed by atoms with van der Waals surface area (Å²) in [6, 6.07) is 7.49. The molecule has 100 valence electrons. The van der Waals surface area contributed by atoms with E-state index in [0.717, 1.165) is 18.2 Å². The molecule has 2 aromatic rings. The Kier molecular flexibility index (Phi) is 2.98. The second-order valence-electron chi connectivity index (χ2n) is 5.24. The van der Waals surface area contributed by atoms with Crippen LogP contribution in [0.5, 0.6) is 0 Å². The summed E-state index contributed by atoms with van der Waals surface area (Å²) in [4.78, 5) is 11.9. The third-order valence-electron chi connectivity index (χ3n) is 3.73. The van der Waals surface area contributed by atoms with E-state index in [1.54, 1.807) is 0 Å². The molecule has 1 fully saturated rings. The summed E-state index contributed by atoms with van der Waals surface area (Å²) in [5.41, 5.74) is 1.28. The zero-order valence-electron chi connectivity index (χ0n) is 10.6. The van der Waals surface area contributed by atoms with Gasteiger partial charge in [-0.25, -0.2) is 0 Å². The van der Waals surface area contributed by atoms with E-state index >= 15 is 0 Å². The Morgan fingerprint density at radius 1 is 1.42 bits per heavy atom. The molecule has 0 saturated heterocycles. The topological polar surface area (TPSA) is 75.4 Å². The quantitative estimate of drug-likeness (QED) is 0.848. The maximum atomic E-state index is 11.9. The van der Waals surface area contributed by atoms with Gasteiger partial charge in [-0.15, -0.1) is 0 Å². The molecular formula is C14H16N2O3. The normalized spacial score (nSPS) is 16.5. The standard InChI is InChI=1S/C14H16N2O3/c17-9-14(5-6-14)8-15-13(18)7-11-10-3-1-2-4-12(10)19-16-11/h1-4,17H,5-9H2,(H,15,18). The molecule has 1 aromatic carbocycles. The van der Waals surface area contributed by atoms with E-state index in [-0.39, 0.29) is 24.3 Å². The van der Waals surface area contributed by atoms with Gasteiger partial charge in [-0.3, -0.25) is 4.79 Å². The Labute approximate surface area is 110 Å². The number of carbonyl (C=O) groups is 1. The van der Waals surface area contributed by atoms with Gasteiger partial charge in [-0.2, -0.15) is 0 Å². The van der Waals surface area contributed by atoms with Crippen molar-refractivity contribution in [3.05, 3.63) is 30.0 Å². The number of benzene rings is 1. The van der Waals surface area contributed by atoms with Crippen molar-refractivity contribution in [3.8, 4) is 0 Å². The van der Waals surface area contributed by atoms with Crippen LogP contribution in [0, 0.1) is 5.41 Å². The van der Waals surface area contributed by atoms with E-state index < -0.39 is 0 Å². The van der Waals surface area contributed by atoms with Crippen LogP contribution in [-0.4, -0.2) is 29.3 Å². The minimum atomic E-state index is -0.0845. The second-order valence-corrected chi connectivity index (χ2v) is 5.24. The van der Waals surface area contributed by atoms with Crippen LogP contribution in [0.3, 0.4) is 0 Å². The molecule has 5 nitrogen and oxygen atoms in total. The van der Waals surface area contributed by atoms with Crippen LogP contribution in [0.15, 0.2) is 28.8 Å². The summed E-state index contributed by atoms with van der Waals surface area (Å²) in [6.07, 6.45) is 2.17. The molecule has 1 aromatic heterocycles. The fraction of sp³-hybridized carbons (Fsp3) is 0.429. The number of hydrogen-bond donors (Lipinski definition) is 2. The number of carbonyl (C=O) groups excluding carboxylic acids is 1. The van der Waals surface area contributed by atoms with Gasteiger partial charge in [0.25, 0.3) is 0 Å². The third-order valence-corrected chi connectivity index (χ3v) is 3.73. The number of hydrogen-bond acceptors (Lipinski definition) is 4. The van der Waals surface area contributed by atoms with Crippen LogP contribution < -0.4 is 5.32 Å². The fourth-order valence-electron chi connectivity index (χ4n) is 2.13. The van der Waals surface area contributed by atoms with Crippen molar-refractivity contribution < 1.29 is 14.4 Å². The van der Waals surface area contributed by atoms with Crippen molar-refractivity contribution in [1.82, 2.24) is 10.5 Å². The average molecular weight is 260 g/mol. The highest BCUT2D eigenvalue weighted by Crippen LogP contribution is 2.44. The van der Waals surface area contributed by atoms with E-state index in [9.17, 15) is 9.90 Å². The Hall–Kier alpha value is -1.88. The highest BCUT2D eigenvalue weighted by molar-refractivity contribution is 5.86. The van der Waals surface area contributed by atoms with Gasteiger partial charge in [0.2, 0.25) is 5.91 Å². The number of aliphatic hydroxyl groups is 1. The van der Waals surface area contributed by atoms with Crippen LogP contribution in [0.1, 0.15) is 18.5 Å². The summed E-state index contributed by atoms with van der Waals surface area (Å²) in [6.45, 7) is 0.679. The molecule has 1 amide bonds. The number of nitrogens with zero attached hydrogens (tertiary/aromatic N) is 1. The molecule has 1 aliphatic rings. The molecule has 0 aliphatic heterocycles. The molecule has 3 rings (SSSR count). The maximum Gasteiger partial charge on any atom is 0.226 e.